The quantitative estimate of drug-likeness (QED) is 0.814. The number of rotatable bonds is 4. The Hall–Kier alpha value is -1.69. The fourth-order valence-electron chi connectivity index (χ4n) is 2.86. The van der Waals surface area contributed by atoms with Gasteiger partial charge in [0.05, 0.1) is 16.4 Å². The molecule has 0 amide bonds. The van der Waals surface area contributed by atoms with Crippen LogP contribution in [0.25, 0.3) is 0 Å². The highest BCUT2D eigenvalue weighted by atomic mass is 35.5. The molecule has 1 aromatic heterocycles. The van der Waals surface area contributed by atoms with Gasteiger partial charge >= 0.3 is 0 Å². The van der Waals surface area contributed by atoms with E-state index in [1.807, 2.05) is 42.6 Å². The summed E-state index contributed by atoms with van der Waals surface area (Å²) in [5.41, 5.74) is 1.96. The summed E-state index contributed by atoms with van der Waals surface area (Å²) in [6.45, 7) is 3.00. The van der Waals surface area contributed by atoms with E-state index in [0.29, 0.717) is 16.2 Å². The molecule has 1 saturated heterocycles. The minimum Gasteiger partial charge on any atom is -0.360 e. The van der Waals surface area contributed by atoms with Gasteiger partial charge in [0.25, 0.3) is 0 Å². The van der Waals surface area contributed by atoms with Crippen molar-refractivity contribution in [2.75, 3.05) is 18.4 Å². The molecule has 126 valence electrons. The standard InChI is InChI=1S/C18H21ClN4S/c19-16-6-1-2-7-17(16)22-18(24)21-14-8-11-23(12-9-14)13-15-5-3-4-10-20-15/h1-7,10,14H,8-9,11-13H2,(H2,21,22,24). The minimum absolute atomic E-state index is 0.396. The first kappa shape index (κ1) is 17.1. The van der Waals surface area contributed by atoms with Gasteiger partial charge in [0.1, 0.15) is 0 Å². The SMILES string of the molecule is S=C(Nc1ccccc1Cl)NC1CCN(Cc2ccccn2)CC1. The maximum Gasteiger partial charge on any atom is 0.171 e. The molecule has 1 aromatic carbocycles. The number of anilines is 1. The number of thiocarbonyl (C=S) groups is 1. The first-order valence-electron chi connectivity index (χ1n) is 8.15. The van der Waals surface area contributed by atoms with E-state index in [-0.39, 0.29) is 0 Å². The first-order chi connectivity index (χ1) is 11.7. The summed E-state index contributed by atoms with van der Waals surface area (Å²) >= 11 is 11.6. The summed E-state index contributed by atoms with van der Waals surface area (Å²) in [5, 5.41) is 7.88. The zero-order valence-electron chi connectivity index (χ0n) is 13.4. The Morgan fingerprint density at radius 2 is 1.92 bits per heavy atom. The first-order valence-corrected chi connectivity index (χ1v) is 8.93. The van der Waals surface area contributed by atoms with Gasteiger partial charge in [0.2, 0.25) is 0 Å². The van der Waals surface area contributed by atoms with E-state index >= 15 is 0 Å². The molecule has 2 heterocycles. The van der Waals surface area contributed by atoms with Gasteiger partial charge < -0.3 is 10.6 Å². The molecule has 1 aliphatic heterocycles. The van der Waals surface area contributed by atoms with Crippen molar-refractivity contribution in [3.63, 3.8) is 0 Å². The number of aromatic nitrogens is 1. The van der Waals surface area contributed by atoms with E-state index in [1.165, 1.54) is 0 Å². The normalized spacial score (nSPS) is 15.9. The second-order valence-corrected chi connectivity index (χ2v) is 6.77. The number of halogens is 1. The third-order valence-corrected chi connectivity index (χ3v) is 4.71. The maximum atomic E-state index is 6.14. The summed E-state index contributed by atoms with van der Waals surface area (Å²) in [6.07, 6.45) is 3.98. The number of hydrogen-bond donors (Lipinski definition) is 2. The molecule has 1 aliphatic rings. The largest absolute Gasteiger partial charge is 0.360 e. The molecular weight excluding hydrogens is 340 g/mol. The lowest BCUT2D eigenvalue weighted by Gasteiger charge is -2.32. The van der Waals surface area contributed by atoms with Crippen molar-refractivity contribution in [2.45, 2.75) is 25.4 Å². The number of nitrogens with one attached hydrogen (secondary N) is 2. The lowest BCUT2D eigenvalue weighted by molar-refractivity contribution is 0.197. The Balaban J connectivity index is 1.43. The predicted octanol–water partition coefficient (Wildman–Crippen LogP) is 3.69. The van der Waals surface area contributed by atoms with Gasteiger partial charge in [0.15, 0.2) is 5.11 Å². The number of benzene rings is 1. The molecule has 2 aromatic rings. The predicted molar refractivity (Wildman–Crippen MR) is 103 cm³/mol. The summed E-state index contributed by atoms with van der Waals surface area (Å²) in [4.78, 5) is 6.83. The molecule has 6 heteroatoms. The maximum absolute atomic E-state index is 6.14. The van der Waals surface area contributed by atoms with Crippen LogP contribution >= 0.6 is 23.8 Å². The van der Waals surface area contributed by atoms with Gasteiger partial charge in [-0.1, -0.05) is 29.8 Å². The van der Waals surface area contributed by atoms with Crippen LogP contribution in [0.15, 0.2) is 48.7 Å². The second kappa shape index (κ2) is 8.42. The summed E-state index contributed by atoms with van der Waals surface area (Å²) < 4.78 is 0. The van der Waals surface area contributed by atoms with E-state index in [2.05, 4.69) is 26.6 Å². The molecular formula is C18H21ClN4S. The van der Waals surface area contributed by atoms with Crippen molar-refractivity contribution < 1.29 is 0 Å². The van der Waals surface area contributed by atoms with E-state index in [0.717, 1.165) is 43.9 Å². The summed E-state index contributed by atoms with van der Waals surface area (Å²) in [5.74, 6) is 0. The zero-order valence-corrected chi connectivity index (χ0v) is 15.0. The lowest BCUT2D eigenvalue weighted by atomic mass is 10.1. The van der Waals surface area contributed by atoms with E-state index < -0.39 is 0 Å². The summed E-state index contributed by atoms with van der Waals surface area (Å²) in [6, 6.07) is 14.1. The van der Waals surface area contributed by atoms with Crippen molar-refractivity contribution in [1.82, 2.24) is 15.2 Å². The average Bonchev–Trinajstić information content (AvgIpc) is 2.60. The highest BCUT2D eigenvalue weighted by Gasteiger charge is 2.20. The third-order valence-electron chi connectivity index (χ3n) is 4.16. The molecule has 2 N–H and O–H groups in total. The van der Waals surface area contributed by atoms with Gasteiger partial charge in [-0.05, 0) is 49.3 Å². The molecule has 0 spiro atoms. The fraction of sp³-hybridized carbons (Fsp3) is 0.333. The number of pyridine rings is 1. The Morgan fingerprint density at radius 1 is 1.17 bits per heavy atom. The number of piperidine rings is 1. The summed E-state index contributed by atoms with van der Waals surface area (Å²) in [7, 11) is 0. The van der Waals surface area contributed by atoms with Crippen LogP contribution in [0, 0.1) is 0 Å². The Kier molecular flexibility index (Phi) is 6.01. The van der Waals surface area contributed by atoms with Crippen molar-refractivity contribution in [3.8, 4) is 0 Å². The van der Waals surface area contributed by atoms with E-state index in [4.69, 9.17) is 23.8 Å². The fourth-order valence-corrected chi connectivity index (χ4v) is 3.32. The zero-order chi connectivity index (χ0) is 16.8. The minimum atomic E-state index is 0.396. The highest BCUT2D eigenvalue weighted by Crippen LogP contribution is 2.20. The van der Waals surface area contributed by atoms with Crippen LogP contribution in [-0.2, 0) is 6.54 Å². The van der Waals surface area contributed by atoms with Gasteiger partial charge in [-0.3, -0.25) is 9.88 Å². The molecule has 0 atom stereocenters. The van der Waals surface area contributed by atoms with Gasteiger partial charge in [-0.25, -0.2) is 0 Å². The Bertz CT molecular complexity index is 672. The Labute approximate surface area is 153 Å². The number of para-hydroxylation sites is 1. The van der Waals surface area contributed by atoms with Crippen LogP contribution < -0.4 is 10.6 Å². The van der Waals surface area contributed by atoms with Crippen LogP contribution in [0.5, 0.6) is 0 Å². The topological polar surface area (TPSA) is 40.2 Å². The highest BCUT2D eigenvalue weighted by molar-refractivity contribution is 7.80. The van der Waals surface area contributed by atoms with Crippen LogP contribution in [-0.4, -0.2) is 34.1 Å². The van der Waals surface area contributed by atoms with Crippen LogP contribution in [0.1, 0.15) is 18.5 Å². The van der Waals surface area contributed by atoms with Crippen molar-refractivity contribution in [1.29, 1.82) is 0 Å². The van der Waals surface area contributed by atoms with Gasteiger partial charge in [0, 0.05) is 31.9 Å². The van der Waals surface area contributed by atoms with Crippen molar-refractivity contribution >= 4 is 34.6 Å². The molecule has 0 saturated carbocycles. The number of nitrogens with zero attached hydrogens (tertiary/aromatic N) is 2. The molecule has 0 bridgehead atoms. The molecule has 0 unspecified atom stereocenters. The number of hydrogen-bond acceptors (Lipinski definition) is 3. The van der Waals surface area contributed by atoms with Gasteiger partial charge in [-0.2, -0.15) is 0 Å². The van der Waals surface area contributed by atoms with Gasteiger partial charge in [-0.15, -0.1) is 0 Å². The molecule has 24 heavy (non-hydrogen) atoms. The number of likely N-dealkylation sites (tertiary alicyclic amines) is 1. The average molecular weight is 361 g/mol. The lowest BCUT2D eigenvalue weighted by Crippen LogP contribution is -2.45. The van der Waals surface area contributed by atoms with Crippen LogP contribution in [0.4, 0.5) is 5.69 Å². The van der Waals surface area contributed by atoms with Crippen LogP contribution in [0.2, 0.25) is 5.02 Å². The molecule has 3 rings (SSSR count). The molecule has 0 radical (unpaired) electrons. The third kappa shape index (κ3) is 4.90. The second-order valence-electron chi connectivity index (χ2n) is 5.95. The van der Waals surface area contributed by atoms with E-state index in [1.54, 1.807) is 0 Å². The Morgan fingerprint density at radius 3 is 2.62 bits per heavy atom. The van der Waals surface area contributed by atoms with E-state index in [9.17, 15) is 0 Å². The van der Waals surface area contributed by atoms with Crippen LogP contribution in [0.3, 0.4) is 0 Å². The molecule has 1 fully saturated rings. The monoisotopic (exact) mass is 360 g/mol. The van der Waals surface area contributed by atoms with Crippen molar-refractivity contribution in [2.24, 2.45) is 0 Å². The molecule has 4 nitrogen and oxygen atoms in total. The smallest absolute Gasteiger partial charge is 0.171 e. The molecule has 0 aliphatic carbocycles. The van der Waals surface area contributed by atoms with Crippen molar-refractivity contribution in [3.05, 3.63) is 59.4 Å².